The Hall–Kier alpha value is -1.70. The standard InChI is InChI=1S/C11H14BrN5O2/c1-4-13-10(18)11-14-8(16-19-11)5-17-7(3)9(12)6(2)15-17/h4-5H2,1-3H3,(H,13,18). The van der Waals surface area contributed by atoms with Crippen LogP contribution in [0, 0.1) is 13.8 Å². The van der Waals surface area contributed by atoms with Gasteiger partial charge in [0.25, 0.3) is 0 Å². The van der Waals surface area contributed by atoms with Crippen molar-refractivity contribution in [1.82, 2.24) is 25.2 Å². The van der Waals surface area contributed by atoms with Crippen LogP contribution in [0.1, 0.15) is 34.8 Å². The Balaban J connectivity index is 2.16. The van der Waals surface area contributed by atoms with E-state index in [0.717, 1.165) is 15.9 Å². The fourth-order valence-electron chi connectivity index (χ4n) is 1.61. The second-order valence-corrected chi connectivity index (χ2v) is 4.81. The predicted octanol–water partition coefficient (Wildman–Crippen LogP) is 1.44. The van der Waals surface area contributed by atoms with Crippen LogP contribution in [-0.4, -0.2) is 32.4 Å². The summed E-state index contributed by atoms with van der Waals surface area (Å²) in [6.07, 6.45) is 0. The average Bonchev–Trinajstić information content (AvgIpc) is 2.92. The van der Waals surface area contributed by atoms with E-state index in [9.17, 15) is 4.79 Å². The molecule has 0 unspecified atom stereocenters. The summed E-state index contributed by atoms with van der Waals surface area (Å²) in [6, 6.07) is 0. The highest BCUT2D eigenvalue weighted by Gasteiger charge is 2.16. The molecule has 7 nitrogen and oxygen atoms in total. The van der Waals surface area contributed by atoms with E-state index in [1.54, 1.807) is 4.68 Å². The van der Waals surface area contributed by atoms with Gasteiger partial charge in [-0.3, -0.25) is 9.48 Å². The molecule has 0 atom stereocenters. The third kappa shape index (κ3) is 2.83. The van der Waals surface area contributed by atoms with Crippen molar-refractivity contribution in [3.05, 3.63) is 27.6 Å². The highest BCUT2D eigenvalue weighted by molar-refractivity contribution is 9.10. The van der Waals surface area contributed by atoms with E-state index in [0.29, 0.717) is 18.9 Å². The van der Waals surface area contributed by atoms with Gasteiger partial charge in [0, 0.05) is 6.54 Å². The van der Waals surface area contributed by atoms with Crippen molar-refractivity contribution in [3.8, 4) is 0 Å². The molecule has 0 spiro atoms. The highest BCUT2D eigenvalue weighted by Crippen LogP contribution is 2.20. The maximum atomic E-state index is 11.5. The molecule has 102 valence electrons. The minimum absolute atomic E-state index is 0.0301. The quantitative estimate of drug-likeness (QED) is 0.918. The third-order valence-electron chi connectivity index (χ3n) is 2.58. The topological polar surface area (TPSA) is 85.8 Å². The van der Waals surface area contributed by atoms with E-state index in [4.69, 9.17) is 4.52 Å². The average molecular weight is 328 g/mol. The molecule has 0 aromatic carbocycles. The van der Waals surface area contributed by atoms with Crippen LogP contribution >= 0.6 is 15.9 Å². The maximum Gasteiger partial charge on any atom is 0.316 e. The lowest BCUT2D eigenvalue weighted by molar-refractivity contribution is 0.0912. The molecule has 0 radical (unpaired) electrons. The summed E-state index contributed by atoms with van der Waals surface area (Å²) in [5, 5.41) is 10.7. The van der Waals surface area contributed by atoms with Crippen LogP contribution in [0.5, 0.6) is 0 Å². The smallest absolute Gasteiger partial charge is 0.316 e. The molecule has 8 heteroatoms. The van der Waals surface area contributed by atoms with Gasteiger partial charge in [-0.15, -0.1) is 0 Å². The van der Waals surface area contributed by atoms with Crippen LogP contribution in [0.3, 0.4) is 0 Å². The van der Waals surface area contributed by atoms with Gasteiger partial charge < -0.3 is 9.84 Å². The van der Waals surface area contributed by atoms with Crippen molar-refractivity contribution in [2.45, 2.75) is 27.3 Å². The molecule has 2 heterocycles. The van der Waals surface area contributed by atoms with Crippen molar-refractivity contribution in [2.75, 3.05) is 6.54 Å². The monoisotopic (exact) mass is 327 g/mol. The molecule has 2 rings (SSSR count). The molecule has 19 heavy (non-hydrogen) atoms. The predicted molar refractivity (Wildman–Crippen MR) is 70.8 cm³/mol. The molecule has 0 fully saturated rings. The van der Waals surface area contributed by atoms with Gasteiger partial charge in [-0.2, -0.15) is 10.1 Å². The number of nitrogens with zero attached hydrogens (tertiary/aromatic N) is 4. The van der Waals surface area contributed by atoms with Gasteiger partial charge in [0.15, 0.2) is 5.82 Å². The van der Waals surface area contributed by atoms with E-state index in [-0.39, 0.29) is 11.8 Å². The van der Waals surface area contributed by atoms with Crippen LogP contribution in [-0.2, 0) is 6.54 Å². The van der Waals surface area contributed by atoms with Gasteiger partial charge >= 0.3 is 11.8 Å². The Morgan fingerprint density at radius 3 is 2.79 bits per heavy atom. The van der Waals surface area contributed by atoms with Crippen LogP contribution < -0.4 is 5.32 Å². The van der Waals surface area contributed by atoms with Gasteiger partial charge in [0.05, 0.1) is 15.9 Å². The molecule has 0 aliphatic carbocycles. The van der Waals surface area contributed by atoms with E-state index in [2.05, 4.69) is 36.5 Å². The lowest BCUT2D eigenvalue weighted by Gasteiger charge is -1.99. The minimum Gasteiger partial charge on any atom is -0.348 e. The lowest BCUT2D eigenvalue weighted by Crippen LogP contribution is -2.23. The molecule has 2 aromatic rings. The molecule has 2 aromatic heterocycles. The van der Waals surface area contributed by atoms with Crippen LogP contribution in [0.2, 0.25) is 0 Å². The zero-order valence-electron chi connectivity index (χ0n) is 10.9. The van der Waals surface area contributed by atoms with Gasteiger partial charge in [-0.25, -0.2) is 0 Å². The Labute approximate surface area is 118 Å². The number of carbonyl (C=O) groups excluding carboxylic acids is 1. The number of amides is 1. The largest absolute Gasteiger partial charge is 0.348 e. The van der Waals surface area contributed by atoms with Crippen molar-refractivity contribution in [1.29, 1.82) is 0 Å². The van der Waals surface area contributed by atoms with E-state index in [1.165, 1.54) is 0 Å². The first-order chi connectivity index (χ1) is 9.02. The number of aromatic nitrogens is 4. The van der Waals surface area contributed by atoms with Gasteiger partial charge in [-0.05, 0) is 36.7 Å². The minimum atomic E-state index is -0.365. The fraction of sp³-hybridized carbons (Fsp3) is 0.455. The molecule has 0 saturated carbocycles. The van der Waals surface area contributed by atoms with E-state index >= 15 is 0 Å². The number of carbonyl (C=O) groups is 1. The summed E-state index contributed by atoms with van der Waals surface area (Å²) in [5.74, 6) is 0.0209. The number of rotatable bonds is 4. The van der Waals surface area contributed by atoms with Crippen molar-refractivity contribution >= 4 is 21.8 Å². The molecule has 0 bridgehead atoms. The molecular formula is C11H14BrN5O2. The Bertz CT molecular complexity index is 604. The van der Waals surface area contributed by atoms with Crippen LogP contribution in [0.15, 0.2) is 9.00 Å². The molecular weight excluding hydrogens is 314 g/mol. The molecule has 1 amide bonds. The first kappa shape index (κ1) is 13.7. The summed E-state index contributed by atoms with van der Waals surface area (Å²) in [6.45, 7) is 6.55. The maximum absolute atomic E-state index is 11.5. The van der Waals surface area contributed by atoms with Crippen molar-refractivity contribution in [2.24, 2.45) is 0 Å². The van der Waals surface area contributed by atoms with Crippen LogP contribution in [0.25, 0.3) is 0 Å². The SMILES string of the molecule is CCNC(=O)c1nc(Cn2nc(C)c(Br)c2C)no1. The Morgan fingerprint density at radius 2 is 2.21 bits per heavy atom. The summed E-state index contributed by atoms with van der Waals surface area (Å²) < 4.78 is 7.62. The number of aryl methyl sites for hydroxylation is 1. The van der Waals surface area contributed by atoms with Gasteiger partial charge in [-0.1, -0.05) is 5.16 Å². The summed E-state index contributed by atoms with van der Waals surface area (Å²) in [7, 11) is 0. The number of hydrogen-bond donors (Lipinski definition) is 1. The summed E-state index contributed by atoms with van der Waals surface area (Å²) in [5.41, 5.74) is 1.87. The van der Waals surface area contributed by atoms with Crippen molar-refractivity contribution in [3.63, 3.8) is 0 Å². The second kappa shape index (κ2) is 5.52. The van der Waals surface area contributed by atoms with Gasteiger partial charge in [0.2, 0.25) is 0 Å². The number of hydrogen-bond acceptors (Lipinski definition) is 5. The van der Waals surface area contributed by atoms with Gasteiger partial charge in [0.1, 0.15) is 6.54 Å². The molecule has 0 aliphatic heterocycles. The van der Waals surface area contributed by atoms with Crippen LogP contribution in [0.4, 0.5) is 0 Å². The third-order valence-corrected chi connectivity index (χ3v) is 3.73. The molecule has 1 N–H and O–H groups in total. The first-order valence-corrected chi connectivity index (χ1v) is 6.62. The first-order valence-electron chi connectivity index (χ1n) is 5.83. The fourth-order valence-corrected chi connectivity index (χ4v) is 1.89. The second-order valence-electron chi connectivity index (χ2n) is 4.02. The Morgan fingerprint density at radius 1 is 1.47 bits per heavy atom. The lowest BCUT2D eigenvalue weighted by atomic mass is 10.4. The highest BCUT2D eigenvalue weighted by atomic mass is 79.9. The number of halogens is 1. The summed E-state index contributed by atoms with van der Waals surface area (Å²) in [4.78, 5) is 15.5. The zero-order valence-corrected chi connectivity index (χ0v) is 12.5. The number of nitrogens with one attached hydrogen (secondary N) is 1. The molecule has 0 aliphatic rings. The Kier molecular flexibility index (Phi) is 3.98. The molecule has 0 saturated heterocycles. The van der Waals surface area contributed by atoms with E-state index in [1.807, 2.05) is 20.8 Å². The normalized spacial score (nSPS) is 10.7. The van der Waals surface area contributed by atoms with E-state index < -0.39 is 0 Å². The summed E-state index contributed by atoms with van der Waals surface area (Å²) >= 11 is 3.45. The van der Waals surface area contributed by atoms with Crippen molar-refractivity contribution < 1.29 is 9.32 Å². The zero-order chi connectivity index (χ0) is 14.0.